The molecule has 0 bridgehead atoms. The van der Waals surface area contributed by atoms with Gasteiger partial charge in [0.05, 0.1) is 10.8 Å². The van der Waals surface area contributed by atoms with Gasteiger partial charge in [-0.1, -0.05) is 24.3 Å². The van der Waals surface area contributed by atoms with Crippen LogP contribution in [-0.2, 0) is 6.54 Å². The van der Waals surface area contributed by atoms with Gasteiger partial charge >= 0.3 is 0 Å². The molecule has 0 aliphatic heterocycles. The van der Waals surface area contributed by atoms with E-state index in [1.807, 2.05) is 18.2 Å². The van der Waals surface area contributed by atoms with Crippen LogP contribution in [0.2, 0.25) is 0 Å². The van der Waals surface area contributed by atoms with Crippen LogP contribution in [0.4, 0.5) is 11.4 Å². The molecule has 0 atom stereocenters. The maximum Gasteiger partial charge on any atom is 0.220 e. The molecule has 3 aromatic carbocycles. The van der Waals surface area contributed by atoms with E-state index in [1.54, 1.807) is 0 Å². The molecule has 0 aliphatic carbocycles. The highest BCUT2D eigenvalue weighted by Crippen LogP contribution is 2.33. The van der Waals surface area contributed by atoms with Crippen LogP contribution >= 0.6 is 0 Å². The van der Waals surface area contributed by atoms with E-state index in [2.05, 4.69) is 60.0 Å². The second kappa shape index (κ2) is 9.08. The number of benzene rings is 3. The van der Waals surface area contributed by atoms with Crippen molar-refractivity contribution in [1.29, 1.82) is 0 Å². The third-order valence-electron chi connectivity index (χ3n) is 4.53. The largest absolute Gasteiger partial charge is 1.00 e. The Morgan fingerprint density at radius 3 is 2.00 bits per heavy atom. The van der Waals surface area contributed by atoms with Crippen molar-refractivity contribution in [3.8, 4) is 11.3 Å². The van der Waals surface area contributed by atoms with Crippen molar-refractivity contribution in [3.63, 3.8) is 0 Å². The van der Waals surface area contributed by atoms with Gasteiger partial charge in [0, 0.05) is 28.4 Å². The zero-order valence-corrected chi connectivity index (χ0v) is 17.0. The predicted molar refractivity (Wildman–Crippen MR) is 112 cm³/mol. The summed E-state index contributed by atoms with van der Waals surface area (Å²) < 4.78 is 2.32. The number of hydrogen-bond acceptors (Lipinski definition) is 2. The molecule has 0 saturated carbocycles. The number of nitrogen functional groups attached to an aromatic ring is 2. The highest BCUT2D eigenvalue weighted by atomic mass is 79.9. The van der Waals surface area contributed by atoms with Gasteiger partial charge in [0.2, 0.25) is 11.2 Å². The van der Waals surface area contributed by atoms with E-state index < -0.39 is 0 Å². The molecule has 0 fully saturated rings. The molecule has 0 spiro atoms. The van der Waals surface area contributed by atoms with E-state index in [0.29, 0.717) is 0 Å². The number of halogens is 1. The number of aromatic nitrogens is 1. The highest BCUT2D eigenvalue weighted by molar-refractivity contribution is 6.10. The Hall–Kier alpha value is -3.28. The summed E-state index contributed by atoms with van der Waals surface area (Å²) in [5, 5.41) is 3.56. The van der Waals surface area contributed by atoms with Crippen molar-refractivity contribution in [2.24, 2.45) is 0 Å². The number of nitrogens with two attached hydrogens (primary N) is 2. The second-order valence-electron chi connectivity index (χ2n) is 6.13. The number of hydrogen-bond donors (Lipinski definition) is 2. The Balaban J connectivity index is 0.000000660. The summed E-state index contributed by atoms with van der Waals surface area (Å²) in [6, 6.07) is 22.7. The van der Waals surface area contributed by atoms with Gasteiger partial charge in [-0.2, -0.15) is 4.57 Å². The standard InChI is InChI=1S/C21H19N3.BrH.N3/c1-2-24-20-13-16(23)9-11-18(20)17-10-8-15(22)12-19(17)21(24)14-6-4-3-5-7-14;;1-3-2/h3-13,23H,2,22H2,1H3;1H;/q;;-1. The SMILES string of the molecule is CC[n+]1c(-c2ccccc2)c2cc(N)ccc2c2ccc(N)cc21.[Br-].[N-]=[N+]=[N-]. The molecule has 0 amide bonds. The fourth-order valence-electron chi connectivity index (χ4n) is 3.49. The van der Waals surface area contributed by atoms with Crippen molar-refractivity contribution in [2.45, 2.75) is 13.5 Å². The van der Waals surface area contributed by atoms with Crippen LogP contribution in [0.1, 0.15) is 6.92 Å². The number of pyridine rings is 1. The first-order valence-corrected chi connectivity index (χ1v) is 8.58. The Morgan fingerprint density at radius 2 is 1.39 bits per heavy atom. The van der Waals surface area contributed by atoms with Gasteiger partial charge in [-0.3, -0.25) is 4.91 Å². The summed E-state index contributed by atoms with van der Waals surface area (Å²) in [6.45, 7) is 3.02. The summed E-state index contributed by atoms with van der Waals surface area (Å²) in [4.78, 5) is 1.50. The first-order valence-electron chi connectivity index (χ1n) is 8.58. The lowest BCUT2D eigenvalue weighted by molar-refractivity contribution is -0.655. The topological polar surface area (TPSA) is 115 Å². The van der Waals surface area contributed by atoms with Crippen LogP contribution in [-0.4, -0.2) is 0 Å². The predicted octanol–water partition coefficient (Wildman–Crippen LogP) is 2.00. The van der Waals surface area contributed by atoms with Gasteiger partial charge in [0.1, 0.15) is 6.54 Å². The van der Waals surface area contributed by atoms with Crippen molar-refractivity contribution in [2.75, 3.05) is 11.5 Å². The number of fused-ring (bicyclic) bond motifs is 3. The molecule has 0 unspecified atom stereocenters. The third kappa shape index (κ3) is 3.86. The molecule has 4 N–H and O–H groups in total. The summed E-state index contributed by atoms with van der Waals surface area (Å²) in [7, 11) is 0. The molecule has 4 aromatic rings. The lowest BCUT2D eigenvalue weighted by Crippen LogP contribution is -3.00. The first-order chi connectivity index (χ1) is 13.1. The van der Waals surface area contributed by atoms with Crippen LogP contribution in [0.15, 0.2) is 66.7 Å². The molecule has 1 heterocycles. The Labute approximate surface area is 173 Å². The van der Waals surface area contributed by atoms with Crippen LogP contribution < -0.4 is 33.0 Å². The average molecular weight is 436 g/mol. The van der Waals surface area contributed by atoms with Crippen LogP contribution in [0.5, 0.6) is 0 Å². The molecule has 142 valence electrons. The zero-order valence-electron chi connectivity index (χ0n) is 15.4. The van der Waals surface area contributed by atoms with Crippen molar-refractivity contribution in [1.82, 2.24) is 0 Å². The van der Waals surface area contributed by atoms with E-state index in [9.17, 15) is 0 Å². The number of rotatable bonds is 2. The molecule has 4 rings (SSSR count). The average Bonchev–Trinajstić information content (AvgIpc) is 2.68. The summed E-state index contributed by atoms with van der Waals surface area (Å²) in [6.07, 6.45) is 0. The first kappa shape index (κ1) is 21.0. The quantitative estimate of drug-likeness (QED) is 0.125. The Kier molecular flexibility index (Phi) is 6.82. The Bertz CT molecular complexity index is 1150. The molecule has 1 aromatic heterocycles. The fourth-order valence-corrected chi connectivity index (χ4v) is 3.49. The van der Waals surface area contributed by atoms with Gasteiger partial charge in [0.15, 0.2) is 0 Å². The second-order valence-corrected chi connectivity index (χ2v) is 6.13. The van der Waals surface area contributed by atoms with Gasteiger partial charge in [0.25, 0.3) is 0 Å². The molecular formula is C21H20BrN6-. The molecule has 7 heteroatoms. The smallest absolute Gasteiger partial charge is 0.220 e. The van der Waals surface area contributed by atoms with E-state index in [0.717, 1.165) is 23.4 Å². The third-order valence-corrected chi connectivity index (χ3v) is 4.53. The normalized spacial score (nSPS) is 9.89. The van der Waals surface area contributed by atoms with Gasteiger partial charge in [-0.15, -0.1) is 0 Å². The summed E-state index contributed by atoms with van der Waals surface area (Å²) in [5.74, 6) is 0. The van der Waals surface area contributed by atoms with Crippen LogP contribution in [0.25, 0.3) is 48.9 Å². The maximum atomic E-state index is 6.75. The van der Waals surface area contributed by atoms with Gasteiger partial charge < -0.3 is 39.5 Å². The maximum absolute atomic E-state index is 6.75. The van der Waals surface area contributed by atoms with E-state index in [-0.39, 0.29) is 17.0 Å². The van der Waals surface area contributed by atoms with Crippen molar-refractivity contribution in [3.05, 3.63) is 82.7 Å². The monoisotopic (exact) mass is 435 g/mol. The minimum Gasteiger partial charge on any atom is -1.00 e. The molecule has 0 saturated heterocycles. The van der Waals surface area contributed by atoms with E-state index >= 15 is 0 Å². The molecular weight excluding hydrogens is 416 g/mol. The molecule has 0 radical (unpaired) electrons. The number of aryl methyl sites for hydroxylation is 1. The molecule has 6 nitrogen and oxygen atoms in total. The lowest BCUT2D eigenvalue weighted by atomic mass is 9.98. The zero-order chi connectivity index (χ0) is 19.4. The van der Waals surface area contributed by atoms with Crippen LogP contribution in [0.3, 0.4) is 0 Å². The van der Waals surface area contributed by atoms with E-state index in [4.69, 9.17) is 22.5 Å². The Morgan fingerprint density at radius 1 is 0.821 bits per heavy atom. The number of anilines is 2. The minimum atomic E-state index is 0. The van der Waals surface area contributed by atoms with Crippen molar-refractivity contribution >= 4 is 33.1 Å². The van der Waals surface area contributed by atoms with Gasteiger partial charge in [-0.05, 0) is 43.3 Å². The fraction of sp³-hybridized carbons (Fsp3) is 0.0952. The number of nitrogens with zero attached hydrogens (tertiary/aromatic N) is 4. The van der Waals surface area contributed by atoms with Crippen molar-refractivity contribution < 1.29 is 21.5 Å². The van der Waals surface area contributed by atoms with Crippen LogP contribution in [0, 0.1) is 0 Å². The van der Waals surface area contributed by atoms with Gasteiger partial charge in [-0.25, -0.2) is 0 Å². The highest BCUT2D eigenvalue weighted by Gasteiger charge is 2.22. The minimum absolute atomic E-state index is 0. The summed E-state index contributed by atoms with van der Waals surface area (Å²) in [5.41, 5.74) is 30.7. The van der Waals surface area contributed by atoms with E-state index in [1.165, 1.54) is 32.3 Å². The molecule has 28 heavy (non-hydrogen) atoms. The molecule has 0 aliphatic rings. The lowest BCUT2D eigenvalue weighted by Gasteiger charge is -2.12. The summed E-state index contributed by atoms with van der Waals surface area (Å²) >= 11 is 0.